The highest BCUT2D eigenvalue weighted by atomic mass is 16.3. The predicted octanol–water partition coefficient (Wildman–Crippen LogP) is 0.293. The number of hydrogen-bond donors (Lipinski definition) is 2. The zero-order valence-electron chi connectivity index (χ0n) is 9.44. The van der Waals surface area contributed by atoms with Gasteiger partial charge in [0.15, 0.2) is 0 Å². The SMILES string of the molecule is CCc1nc(N2CCC(O)CC2)cc(=O)[nH]1. The Labute approximate surface area is 94.1 Å². The van der Waals surface area contributed by atoms with Crippen molar-refractivity contribution in [1.29, 1.82) is 0 Å². The number of piperidine rings is 1. The summed E-state index contributed by atoms with van der Waals surface area (Å²) in [6.07, 6.45) is 2.01. The lowest BCUT2D eigenvalue weighted by Crippen LogP contribution is -2.37. The summed E-state index contributed by atoms with van der Waals surface area (Å²) in [5.41, 5.74) is -0.104. The van der Waals surface area contributed by atoms with Crippen LogP contribution in [0.2, 0.25) is 0 Å². The van der Waals surface area contributed by atoms with Gasteiger partial charge in [-0.15, -0.1) is 0 Å². The van der Waals surface area contributed by atoms with Gasteiger partial charge in [0.1, 0.15) is 11.6 Å². The molecule has 0 bridgehead atoms. The molecule has 1 aromatic rings. The normalized spacial score (nSPS) is 17.8. The first-order chi connectivity index (χ1) is 7.69. The second-order valence-electron chi connectivity index (χ2n) is 4.12. The monoisotopic (exact) mass is 223 g/mol. The van der Waals surface area contributed by atoms with E-state index >= 15 is 0 Å². The van der Waals surface area contributed by atoms with E-state index in [9.17, 15) is 9.90 Å². The fourth-order valence-electron chi connectivity index (χ4n) is 1.92. The van der Waals surface area contributed by atoms with E-state index in [2.05, 4.69) is 14.9 Å². The number of hydrogen-bond acceptors (Lipinski definition) is 4. The standard InChI is InChI=1S/C11H17N3O2/c1-2-9-12-10(7-11(16)13-9)14-5-3-8(15)4-6-14/h7-8,15H,2-6H2,1H3,(H,12,13,16). The molecule has 1 saturated heterocycles. The molecule has 2 heterocycles. The second-order valence-corrected chi connectivity index (χ2v) is 4.12. The van der Waals surface area contributed by atoms with Gasteiger partial charge in [0.2, 0.25) is 0 Å². The molecule has 0 unspecified atom stereocenters. The first kappa shape index (κ1) is 11.1. The predicted molar refractivity (Wildman–Crippen MR) is 61.7 cm³/mol. The first-order valence-electron chi connectivity index (χ1n) is 5.72. The minimum Gasteiger partial charge on any atom is -0.393 e. The third kappa shape index (κ3) is 2.41. The zero-order chi connectivity index (χ0) is 11.5. The lowest BCUT2D eigenvalue weighted by Gasteiger charge is -2.30. The molecule has 5 heteroatoms. The number of aliphatic hydroxyl groups is 1. The van der Waals surface area contributed by atoms with E-state index in [0.29, 0.717) is 5.82 Å². The minimum atomic E-state index is -0.205. The highest BCUT2D eigenvalue weighted by Gasteiger charge is 2.18. The van der Waals surface area contributed by atoms with Crippen LogP contribution < -0.4 is 10.5 Å². The van der Waals surface area contributed by atoms with Crippen molar-refractivity contribution in [3.8, 4) is 0 Å². The molecule has 0 atom stereocenters. The molecule has 5 nitrogen and oxygen atoms in total. The molecule has 88 valence electrons. The Hall–Kier alpha value is -1.36. The van der Waals surface area contributed by atoms with Crippen molar-refractivity contribution in [2.24, 2.45) is 0 Å². The number of rotatable bonds is 2. The van der Waals surface area contributed by atoms with Crippen molar-refractivity contribution in [3.63, 3.8) is 0 Å². The van der Waals surface area contributed by atoms with Crippen LogP contribution in [-0.4, -0.2) is 34.3 Å². The highest BCUT2D eigenvalue weighted by molar-refractivity contribution is 5.37. The van der Waals surface area contributed by atoms with Crippen LogP contribution in [0.4, 0.5) is 5.82 Å². The Bertz CT molecular complexity index is 408. The third-order valence-electron chi connectivity index (χ3n) is 2.90. The number of aromatic amines is 1. The summed E-state index contributed by atoms with van der Waals surface area (Å²) in [6.45, 7) is 3.49. The van der Waals surface area contributed by atoms with Crippen LogP contribution >= 0.6 is 0 Å². The Morgan fingerprint density at radius 1 is 1.56 bits per heavy atom. The van der Waals surface area contributed by atoms with Gasteiger partial charge in [0.05, 0.1) is 6.10 Å². The maximum Gasteiger partial charge on any atom is 0.252 e. The Morgan fingerprint density at radius 3 is 2.88 bits per heavy atom. The molecule has 0 aromatic carbocycles. The van der Waals surface area contributed by atoms with Crippen LogP contribution in [0.15, 0.2) is 10.9 Å². The molecule has 1 aliphatic heterocycles. The van der Waals surface area contributed by atoms with Crippen LogP contribution in [0.25, 0.3) is 0 Å². The van der Waals surface area contributed by atoms with Crippen molar-refractivity contribution in [1.82, 2.24) is 9.97 Å². The molecule has 0 radical (unpaired) electrons. The van der Waals surface area contributed by atoms with Gasteiger partial charge in [0.25, 0.3) is 5.56 Å². The molecule has 0 saturated carbocycles. The lowest BCUT2D eigenvalue weighted by atomic mass is 10.1. The van der Waals surface area contributed by atoms with Crippen molar-refractivity contribution in [2.45, 2.75) is 32.3 Å². The van der Waals surface area contributed by atoms with Gasteiger partial charge in [-0.3, -0.25) is 4.79 Å². The van der Waals surface area contributed by atoms with Gasteiger partial charge in [-0.05, 0) is 12.8 Å². The highest BCUT2D eigenvalue weighted by Crippen LogP contribution is 2.16. The van der Waals surface area contributed by atoms with Crippen LogP contribution in [-0.2, 0) is 6.42 Å². The summed E-state index contributed by atoms with van der Waals surface area (Å²) < 4.78 is 0. The molecule has 0 aliphatic carbocycles. The summed E-state index contributed by atoms with van der Waals surface area (Å²) >= 11 is 0. The van der Waals surface area contributed by atoms with Crippen LogP contribution in [0.3, 0.4) is 0 Å². The van der Waals surface area contributed by atoms with E-state index < -0.39 is 0 Å². The summed E-state index contributed by atoms with van der Waals surface area (Å²) in [5.74, 6) is 1.45. The summed E-state index contributed by atoms with van der Waals surface area (Å²) in [5, 5.41) is 9.41. The number of nitrogens with zero attached hydrogens (tertiary/aromatic N) is 2. The van der Waals surface area contributed by atoms with Gasteiger partial charge in [-0.2, -0.15) is 0 Å². The maximum absolute atomic E-state index is 11.4. The number of aryl methyl sites for hydroxylation is 1. The smallest absolute Gasteiger partial charge is 0.252 e. The molecular formula is C11H17N3O2. The van der Waals surface area contributed by atoms with Gasteiger partial charge in [0, 0.05) is 25.6 Å². The molecule has 1 aliphatic rings. The fourth-order valence-corrected chi connectivity index (χ4v) is 1.92. The lowest BCUT2D eigenvalue weighted by molar-refractivity contribution is 0.145. The largest absolute Gasteiger partial charge is 0.393 e. The molecule has 2 rings (SSSR count). The topological polar surface area (TPSA) is 69.2 Å². The number of H-pyrrole nitrogens is 1. The van der Waals surface area contributed by atoms with Crippen molar-refractivity contribution in [3.05, 3.63) is 22.2 Å². The van der Waals surface area contributed by atoms with Gasteiger partial charge < -0.3 is 15.0 Å². The van der Waals surface area contributed by atoms with E-state index in [-0.39, 0.29) is 11.7 Å². The van der Waals surface area contributed by atoms with Gasteiger partial charge >= 0.3 is 0 Å². The average molecular weight is 223 g/mol. The van der Waals surface area contributed by atoms with Crippen molar-refractivity contribution >= 4 is 5.82 Å². The molecule has 16 heavy (non-hydrogen) atoms. The molecular weight excluding hydrogens is 206 g/mol. The second kappa shape index (κ2) is 4.65. The number of aliphatic hydroxyl groups excluding tert-OH is 1. The van der Waals surface area contributed by atoms with Crippen LogP contribution in [0, 0.1) is 0 Å². The van der Waals surface area contributed by atoms with E-state index in [4.69, 9.17) is 0 Å². The van der Waals surface area contributed by atoms with Crippen molar-refractivity contribution < 1.29 is 5.11 Å². The molecule has 1 aromatic heterocycles. The average Bonchev–Trinajstić information content (AvgIpc) is 2.29. The van der Waals surface area contributed by atoms with Crippen LogP contribution in [0.1, 0.15) is 25.6 Å². The zero-order valence-corrected chi connectivity index (χ0v) is 9.44. The Kier molecular flexibility index (Phi) is 3.24. The molecule has 0 spiro atoms. The molecule has 1 fully saturated rings. The Morgan fingerprint density at radius 2 is 2.25 bits per heavy atom. The summed E-state index contributed by atoms with van der Waals surface area (Å²) in [6, 6.07) is 1.52. The third-order valence-corrected chi connectivity index (χ3v) is 2.90. The number of nitrogens with one attached hydrogen (secondary N) is 1. The Balaban J connectivity index is 2.20. The summed E-state index contributed by atoms with van der Waals surface area (Å²) in [7, 11) is 0. The van der Waals surface area contributed by atoms with E-state index in [1.807, 2.05) is 6.92 Å². The van der Waals surface area contributed by atoms with Gasteiger partial charge in [-0.25, -0.2) is 4.98 Å². The number of aromatic nitrogens is 2. The molecule has 0 amide bonds. The number of anilines is 1. The quantitative estimate of drug-likeness (QED) is 0.756. The van der Waals surface area contributed by atoms with E-state index in [1.165, 1.54) is 6.07 Å². The van der Waals surface area contributed by atoms with Gasteiger partial charge in [-0.1, -0.05) is 6.92 Å². The van der Waals surface area contributed by atoms with Crippen LogP contribution in [0.5, 0.6) is 0 Å². The molecule has 2 N–H and O–H groups in total. The maximum atomic E-state index is 11.4. The summed E-state index contributed by atoms with van der Waals surface area (Å²) in [4.78, 5) is 20.6. The first-order valence-corrected chi connectivity index (χ1v) is 5.72. The van der Waals surface area contributed by atoms with Crippen molar-refractivity contribution in [2.75, 3.05) is 18.0 Å². The fraction of sp³-hybridized carbons (Fsp3) is 0.636. The van der Waals surface area contributed by atoms with E-state index in [0.717, 1.165) is 38.2 Å². The van der Waals surface area contributed by atoms with E-state index in [1.54, 1.807) is 0 Å². The minimum absolute atomic E-state index is 0.104.